The number of benzene rings is 1. The lowest BCUT2D eigenvalue weighted by Gasteiger charge is -2.34. The summed E-state index contributed by atoms with van der Waals surface area (Å²) in [6.07, 6.45) is 3.43. The van der Waals surface area contributed by atoms with Gasteiger partial charge >= 0.3 is 0 Å². The summed E-state index contributed by atoms with van der Waals surface area (Å²) in [5.74, 6) is 0.534. The van der Waals surface area contributed by atoms with E-state index in [4.69, 9.17) is 0 Å². The maximum Gasteiger partial charge on any atom is 0.123 e. The first kappa shape index (κ1) is 16.2. The van der Waals surface area contributed by atoms with Crippen molar-refractivity contribution in [1.29, 1.82) is 0 Å². The second-order valence-electron chi connectivity index (χ2n) is 4.94. The third-order valence-electron chi connectivity index (χ3n) is 3.78. The Balaban J connectivity index is 3.06. The third-order valence-corrected chi connectivity index (χ3v) is 5.93. The zero-order valence-electron chi connectivity index (χ0n) is 11.1. The lowest BCUT2D eigenvalue weighted by molar-refractivity contribution is 0.354. The number of hydrogen-bond acceptors (Lipinski definition) is 0. The molecule has 1 aromatic rings. The summed E-state index contributed by atoms with van der Waals surface area (Å²) in [7, 11) is 0. The maximum atomic E-state index is 13.4. The van der Waals surface area contributed by atoms with Crippen LogP contribution in [0.15, 0.2) is 24.3 Å². The minimum absolute atomic E-state index is 0.0151. The van der Waals surface area contributed by atoms with Crippen LogP contribution in [0.4, 0.5) is 4.39 Å². The summed E-state index contributed by atoms with van der Waals surface area (Å²) in [6.45, 7) is 4.46. The molecule has 3 heteroatoms. The highest BCUT2D eigenvalue weighted by atomic mass is 79.9. The van der Waals surface area contributed by atoms with Crippen molar-refractivity contribution < 1.29 is 4.39 Å². The quantitative estimate of drug-likeness (QED) is 0.534. The molecule has 102 valence electrons. The largest absolute Gasteiger partial charge is 0.207 e. The minimum atomic E-state index is -0.150. The van der Waals surface area contributed by atoms with Crippen molar-refractivity contribution in [2.24, 2.45) is 5.92 Å². The van der Waals surface area contributed by atoms with Gasteiger partial charge in [-0.3, -0.25) is 0 Å². The van der Waals surface area contributed by atoms with Crippen molar-refractivity contribution in [3.63, 3.8) is 0 Å². The molecule has 0 amide bonds. The Hall–Kier alpha value is 0.110. The van der Waals surface area contributed by atoms with E-state index in [0.717, 1.165) is 22.6 Å². The van der Waals surface area contributed by atoms with Crippen molar-refractivity contribution in [2.75, 3.05) is 10.7 Å². The summed E-state index contributed by atoms with van der Waals surface area (Å²) in [5.41, 5.74) is 1.07. The molecule has 0 spiro atoms. The van der Waals surface area contributed by atoms with E-state index >= 15 is 0 Å². The Morgan fingerprint density at radius 3 is 2.22 bits per heavy atom. The first-order valence-electron chi connectivity index (χ1n) is 6.49. The second kappa shape index (κ2) is 7.64. The molecule has 0 aliphatic rings. The van der Waals surface area contributed by atoms with Crippen LogP contribution in [0.1, 0.15) is 38.7 Å². The lowest BCUT2D eigenvalue weighted by atomic mass is 9.75. The Kier molecular flexibility index (Phi) is 6.86. The van der Waals surface area contributed by atoms with Crippen LogP contribution in [0.3, 0.4) is 0 Å². The van der Waals surface area contributed by atoms with Crippen molar-refractivity contribution in [1.82, 2.24) is 0 Å². The molecular weight excluding hydrogens is 359 g/mol. The number of alkyl halides is 2. The summed E-state index contributed by atoms with van der Waals surface area (Å²) < 4.78 is 13.4. The molecule has 1 aromatic carbocycles. The summed E-state index contributed by atoms with van der Waals surface area (Å²) >= 11 is 7.26. The predicted molar refractivity (Wildman–Crippen MR) is 84.4 cm³/mol. The van der Waals surface area contributed by atoms with Crippen LogP contribution in [0.2, 0.25) is 0 Å². The Morgan fingerprint density at radius 2 is 1.78 bits per heavy atom. The van der Waals surface area contributed by atoms with Gasteiger partial charge in [-0.2, -0.15) is 0 Å². The molecule has 0 aromatic heterocycles. The molecule has 0 saturated carbocycles. The van der Waals surface area contributed by atoms with Crippen molar-refractivity contribution in [2.45, 2.75) is 38.5 Å². The zero-order chi connectivity index (χ0) is 13.6. The van der Waals surface area contributed by atoms with E-state index in [-0.39, 0.29) is 11.2 Å². The number of rotatable bonds is 7. The van der Waals surface area contributed by atoms with Gasteiger partial charge in [0.1, 0.15) is 5.82 Å². The summed E-state index contributed by atoms with van der Waals surface area (Å²) in [4.78, 5) is 0. The van der Waals surface area contributed by atoms with E-state index in [1.807, 2.05) is 6.07 Å². The molecule has 0 nitrogen and oxygen atoms in total. The first-order valence-corrected chi connectivity index (χ1v) is 8.74. The maximum absolute atomic E-state index is 13.4. The highest BCUT2D eigenvalue weighted by molar-refractivity contribution is 9.09. The van der Waals surface area contributed by atoms with E-state index in [1.165, 1.54) is 18.9 Å². The predicted octanol–water partition coefficient (Wildman–Crippen LogP) is 5.68. The smallest absolute Gasteiger partial charge is 0.123 e. The van der Waals surface area contributed by atoms with Crippen LogP contribution in [0.5, 0.6) is 0 Å². The zero-order valence-corrected chi connectivity index (χ0v) is 14.2. The average molecular weight is 380 g/mol. The van der Waals surface area contributed by atoms with E-state index in [1.54, 1.807) is 12.1 Å². The van der Waals surface area contributed by atoms with Crippen molar-refractivity contribution in [3.8, 4) is 0 Å². The summed E-state index contributed by atoms with van der Waals surface area (Å²) in [5, 5.41) is 1.70. The van der Waals surface area contributed by atoms with Crippen LogP contribution < -0.4 is 0 Å². The Labute approximate surface area is 127 Å². The van der Waals surface area contributed by atoms with Gasteiger partial charge in [0, 0.05) is 16.1 Å². The number of hydrogen-bond donors (Lipinski definition) is 0. The molecule has 0 radical (unpaired) electrons. The van der Waals surface area contributed by atoms with Crippen LogP contribution in [-0.4, -0.2) is 10.7 Å². The SMILES string of the molecule is CCC(CC)CC(CBr)(CBr)c1cccc(F)c1. The molecule has 0 aliphatic carbocycles. The minimum Gasteiger partial charge on any atom is -0.207 e. The molecule has 0 fully saturated rings. The van der Waals surface area contributed by atoms with E-state index < -0.39 is 0 Å². The molecule has 0 saturated heterocycles. The van der Waals surface area contributed by atoms with Gasteiger partial charge in [0.05, 0.1) is 0 Å². The lowest BCUT2D eigenvalue weighted by Crippen LogP contribution is -2.33. The molecule has 0 heterocycles. The fourth-order valence-corrected chi connectivity index (χ4v) is 4.40. The Morgan fingerprint density at radius 1 is 1.17 bits per heavy atom. The van der Waals surface area contributed by atoms with E-state index in [9.17, 15) is 4.39 Å². The van der Waals surface area contributed by atoms with Crippen LogP contribution in [0, 0.1) is 11.7 Å². The monoisotopic (exact) mass is 378 g/mol. The second-order valence-corrected chi connectivity index (χ2v) is 6.07. The van der Waals surface area contributed by atoms with Crippen LogP contribution in [-0.2, 0) is 5.41 Å². The highest BCUT2D eigenvalue weighted by Gasteiger charge is 2.32. The molecule has 1 rings (SSSR count). The fourth-order valence-electron chi connectivity index (χ4n) is 2.37. The van der Waals surface area contributed by atoms with Gasteiger partial charge in [0.2, 0.25) is 0 Å². The van der Waals surface area contributed by atoms with Crippen molar-refractivity contribution >= 4 is 31.9 Å². The van der Waals surface area contributed by atoms with Gasteiger partial charge < -0.3 is 0 Å². The highest BCUT2D eigenvalue weighted by Crippen LogP contribution is 2.37. The van der Waals surface area contributed by atoms with Gasteiger partial charge in [0.25, 0.3) is 0 Å². The van der Waals surface area contributed by atoms with E-state index in [0.29, 0.717) is 5.92 Å². The average Bonchev–Trinajstić information content (AvgIpc) is 2.41. The standard InChI is InChI=1S/C15H21Br2F/c1-3-12(4-2)9-15(10-16,11-17)13-6-5-7-14(18)8-13/h5-8,12H,3-4,9-11H2,1-2H3. The topological polar surface area (TPSA) is 0 Å². The Bertz CT molecular complexity index is 357. The number of halogens is 3. The molecular formula is C15H21Br2F. The molecule has 0 unspecified atom stereocenters. The molecule has 0 N–H and O–H groups in total. The van der Waals surface area contributed by atoms with Gasteiger partial charge in [-0.05, 0) is 30.0 Å². The van der Waals surface area contributed by atoms with Crippen molar-refractivity contribution in [3.05, 3.63) is 35.6 Å². The molecule has 18 heavy (non-hydrogen) atoms. The van der Waals surface area contributed by atoms with Gasteiger partial charge in [-0.1, -0.05) is 70.7 Å². The van der Waals surface area contributed by atoms with Crippen LogP contribution >= 0.6 is 31.9 Å². The third kappa shape index (κ3) is 3.80. The van der Waals surface area contributed by atoms with Gasteiger partial charge in [0.15, 0.2) is 0 Å². The fraction of sp³-hybridized carbons (Fsp3) is 0.600. The van der Waals surface area contributed by atoms with Gasteiger partial charge in [-0.25, -0.2) is 4.39 Å². The molecule has 0 aliphatic heterocycles. The van der Waals surface area contributed by atoms with E-state index in [2.05, 4.69) is 45.7 Å². The van der Waals surface area contributed by atoms with Crippen LogP contribution in [0.25, 0.3) is 0 Å². The molecule has 0 atom stereocenters. The molecule has 0 bridgehead atoms. The normalized spacial score (nSPS) is 12.1. The summed E-state index contributed by atoms with van der Waals surface area (Å²) in [6, 6.07) is 7.02. The first-order chi connectivity index (χ1) is 8.61. The van der Waals surface area contributed by atoms with Gasteiger partial charge in [-0.15, -0.1) is 0 Å².